The van der Waals surface area contributed by atoms with Gasteiger partial charge in [-0.25, -0.2) is 0 Å². The first kappa shape index (κ1) is 17.3. The average molecular weight is 386 g/mol. The van der Waals surface area contributed by atoms with Gasteiger partial charge >= 0.3 is 0 Å². The Bertz CT molecular complexity index is 1110. The van der Waals surface area contributed by atoms with Crippen molar-refractivity contribution in [3.05, 3.63) is 83.4 Å². The third-order valence-electron chi connectivity index (χ3n) is 5.13. The van der Waals surface area contributed by atoms with Crippen LogP contribution < -0.4 is 19.7 Å². The van der Waals surface area contributed by atoms with Gasteiger partial charge in [0.2, 0.25) is 6.79 Å². The fourth-order valence-electron chi connectivity index (χ4n) is 3.67. The van der Waals surface area contributed by atoms with Crippen molar-refractivity contribution in [3.8, 4) is 11.5 Å². The summed E-state index contributed by atoms with van der Waals surface area (Å²) in [6.07, 6.45) is 0.752. The highest BCUT2D eigenvalue weighted by Gasteiger charge is 2.26. The van der Waals surface area contributed by atoms with Crippen LogP contribution in [0.15, 0.2) is 66.7 Å². The van der Waals surface area contributed by atoms with Crippen molar-refractivity contribution in [1.82, 2.24) is 0 Å². The molecule has 3 aromatic rings. The van der Waals surface area contributed by atoms with Crippen molar-refractivity contribution in [3.63, 3.8) is 0 Å². The van der Waals surface area contributed by atoms with Crippen LogP contribution in [0.5, 0.6) is 11.5 Å². The number of hydrogen-bond donors (Lipinski definition) is 1. The highest BCUT2D eigenvalue weighted by Crippen LogP contribution is 2.34. The van der Waals surface area contributed by atoms with Gasteiger partial charge in [-0.15, -0.1) is 0 Å². The summed E-state index contributed by atoms with van der Waals surface area (Å²) in [4.78, 5) is 27.2. The number of carbonyl (C=O) groups excluding carboxylic acids is 2. The fourth-order valence-corrected chi connectivity index (χ4v) is 3.67. The smallest absolute Gasteiger partial charge is 0.258 e. The third-order valence-corrected chi connectivity index (χ3v) is 5.13. The number of nitrogens with zero attached hydrogens (tertiary/aromatic N) is 1. The lowest BCUT2D eigenvalue weighted by atomic mass is 10.1. The number of benzene rings is 3. The predicted molar refractivity (Wildman–Crippen MR) is 109 cm³/mol. The van der Waals surface area contributed by atoms with Crippen molar-refractivity contribution in [1.29, 1.82) is 0 Å². The molecule has 0 unspecified atom stereocenters. The zero-order chi connectivity index (χ0) is 19.8. The monoisotopic (exact) mass is 386 g/mol. The van der Waals surface area contributed by atoms with Crippen LogP contribution >= 0.6 is 0 Å². The van der Waals surface area contributed by atoms with E-state index in [0.717, 1.165) is 17.7 Å². The number of nitrogens with one attached hydrogen (secondary N) is 1. The van der Waals surface area contributed by atoms with Gasteiger partial charge < -0.3 is 19.7 Å². The maximum Gasteiger partial charge on any atom is 0.258 e. The Morgan fingerprint density at radius 3 is 2.55 bits per heavy atom. The van der Waals surface area contributed by atoms with Crippen LogP contribution in [0.1, 0.15) is 26.3 Å². The number of amides is 2. The number of ether oxygens (including phenoxy) is 2. The van der Waals surface area contributed by atoms with Gasteiger partial charge in [0.1, 0.15) is 0 Å². The molecule has 0 spiro atoms. The molecule has 1 N–H and O–H groups in total. The lowest BCUT2D eigenvalue weighted by molar-refractivity contribution is 0.0987. The molecule has 3 aromatic carbocycles. The summed E-state index contributed by atoms with van der Waals surface area (Å²) in [5.41, 5.74) is 3.79. The molecule has 29 heavy (non-hydrogen) atoms. The normalized spacial score (nSPS) is 13.9. The summed E-state index contributed by atoms with van der Waals surface area (Å²) in [6.45, 7) is 0.798. The Morgan fingerprint density at radius 2 is 1.69 bits per heavy atom. The van der Waals surface area contributed by atoms with Gasteiger partial charge in [0.15, 0.2) is 11.5 Å². The number of fused-ring (bicyclic) bond motifs is 2. The molecule has 0 saturated heterocycles. The Hall–Kier alpha value is -3.80. The van der Waals surface area contributed by atoms with E-state index in [0.29, 0.717) is 34.9 Å². The van der Waals surface area contributed by atoms with Crippen LogP contribution in [0.3, 0.4) is 0 Å². The van der Waals surface area contributed by atoms with Crippen molar-refractivity contribution < 1.29 is 19.1 Å². The van der Waals surface area contributed by atoms with Crippen molar-refractivity contribution in [2.75, 3.05) is 23.6 Å². The van der Waals surface area contributed by atoms with Gasteiger partial charge in [0, 0.05) is 29.0 Å². The van der Waals surface area contributed by atoms with E-state index in [1.54, 1.807) is 23.1 Å². The predicted octanol–water partition coefficient (Wildman–Crippen LogP) is 3.87. The van der Waals surface area contributed by atoms with E-state index in [9.17, 15) is 9.59 Å². The molecule has 144 valence electrons. The van der Waals surface area contributed by atoms with Gasteiger partial charge in [0.25, 0.3) is 11.8 Å². The first-order chi connectivity index (χ1) is 14.2. The van der Waals surface area contributed by atoms with Gasteiger partial charge in [-0.1, -0.05) is 18.2 Å². The van der Waals surface area contributed by atoms with Crippen molar-refractivity contribution >= 4 is 23.2 Å². The molecule has 6 nitrogen and oxygen atoms in total. The second-order valence-electron chi connectivity index (χ2n) is 6.94. The molecule has 0 saturated carbocycles. The highest BCUT2D eigenvalue weighted by atomic mass is 16.7. The lowest BCUT2D eigenvalue weighted by Crippen LogP contribution is -2.28. The summed E-state index contributed by atoms with van der Waals surface area (Å²) < 4.78 is 10.6. The zero-order valence-corrected chi connectivity index (χ0v) is 15.6. The van der Waals surface area contributed by atoms with Gasteiger partial charge in [-0.05, 0) is 60.5 Å². The summed E-state index contributed by atoms with van der Waals surface area (Å²) in [6, 6.07) is 20.0. The molecule has 0 aromatic heterocycles. The van der Waals surface area contributed by atoms with E-state index in [4.69, 9.17) is 9.47 Å². The van der Waals surface area contributed by atoms with E-state index in [1.165, 1.54) is 0 Å². The van der Waals surface area contributed by atoms with Crippen LogP contribution in [0.4, 0.5) is 11.4 Å². The quantitative estimate of drug-likeness (QED) is 0.742. The minimum atomic E-state index is -0.224. The van der Waals surface area contributed by atoms with Gasteiger partial charge in [-0.2, -0.15) is 0 Å². The van der Waals surface area contributed by atoms with Crippen molar-refractivity contribution in [2.24, 2.45) is 0 Å². The first-order valence-electron chi connectivity index (χ1n) is 9.40. The van der Waals surface area contributed by atoms with E-state index in [1.807, 2.05) is 48.5 Å². The Labute approximate surface area is 167 Å². The molecule has 0 bridgehead atoms. The molecule has 5 rings (SSSR count). The molecule has 2 aliphatic heterocycles. The van der Waals surface area contributed by atoms with Crippen LogP contribution in [-0.4, -0.2) is 25.2 Å². The molecule has 0 radical (unpaired) electrons. The fraction of sp³-hybridized carbons (Fsp3) is 0.130. The average Bonchev–Trinajstić information content (AvgIpc) is 3.39. The van der Waals surface area contributed by atoms with E-state index >= 15 is 0 Å². The van der Waals surface area contributed by atoms with E-state index in [2.05, 4.69) is 5.32 Å². The number of anilines is 2. The molecular formula is C23H18N2O4. The summed E-state index contributed by atoms with van der Waals surface area (Å²) in [5.74, 6) is 0.976. The van der Waals surface area contributed by atoms with Crippen LogP contribution in [-0.2, 0) is 6.42 Å². The van der Waals surface area contributed by atoms with E-state index in [-0.39, 0.29) is 18.6 Å². The summed E-state index contributed by atoms with van der Waals surface area (Å²) in [7, 11) is 0. The number of hydrogen-bond acceptors (Lipinski definition) is 4. The zero-order valence-electron chi connectivity index (χ0n) is 15.6. The molecule has 6 heteroatoms. The maximum absolute atomic E-state index is 12.8. The third kappa shape index (κ3) is 3.18. The Morgan fingerprint density at radius 1 is 0.862 bits per heavy atom. The number of rotatable bonds is 3. The van der Waals surface area contributed by atoms with Gasteiger partial charge in [0.05, 0.1) is 0 Å². The van der Waals surface area contributed by atoms with E-state index < -0.39 is 0 Å². The largest absolute Gasteiger partial charge is 0.454 e. The molecule has 0 fully saturated rings. The minimum absolute atomic E-state index is 0.0125. The lowest BCUT2D eigenvalue weighted by Gasteiger charge is -2.17. The first-order valence-corrected chi connectivity index (χ1v) is 9.40. The number of carbonyl (C=O) groups is 2. The molecule has 2 amide bonds. The van der Waals surface area contributed by atoms with Crippen LogP contribution in [0.25, 0.3) is 0 Å². The molecule has 0 atom stereocenters. The second-order valence-corrected chi connectivity index (χ2v) is 6.94. The van der Waals surface area contributed by atoms with Crippen molar-refractivity contribution in [2.45, 2.75) is 6.42 Å². The Kier molecular flexibility index (Phi) is 4.17. The molecule has 2 heterocycles. The summed E-state index contributed by atoms with van der Waals surface area (Å²) in [5, 5.41) is 2.92. The van der Waals surface area contributed by atoms with Crippen LogP contribution in [0.2, 0.25) is 0 Å². The van der Waals surface area contributed by atoms with Crippen LogP contribution in [0, 0.1) is 0 Å². The highest BCUT2D eigenvalue weighted by molar-refractivity contribution is 6.08. The molecule has 0 aliphatic carbocycles. The SMILES string of the molecule is O=C(Nc1ccc2c(c1)CCN2C(=O)c1ccccc1)c1ccc2c(c1)OCO2. The standard InChI is InChI=1S/C23H18N2O4/c26-22(17-6-9-20-21(13-17)29-14-28-20)24-18-7-8-19-16(12-18)10-11-25(19)23(27)15-4-2-1-3-5-15/h1-9,12-13H,10-11,14H2,(H,24,26). The second kappa shape index (κ2) is 6.98. The Balaban J connectivity index is 1.34. The minimum Gasteiger partial charge on any atom is -0.454 e. The molecule has 2 aliphatic rings. The topological polar surface area (TPSA) is 67.9 Å². The molecular weight excluding hydrogens is 368 g/mol. The van der Waals surface area contributed by atoms with Gasteiger partial charge in [-0.3, -0.25) is 9.59 Å². The summed E-state index contributed by atoms with van der Waals surface area (Å²) >= 11 is 0. The maximum atomic E-state index is 12.8.